The number of ether oxygens (including phenoxy) is 1. The Bertz CT molecular complexity index is 1430. The summed E-state index contributed by atoms with van der Waals surface area (Å²) < 4.78 is 23.1. The molecule has 0 bridgehead atoms. The van der Waals surface area contributed by atoms with Crippen LogP contribution in [0, 0.1) is 5.82 Å². The first-order chi connectivity index (χ1) is 20.0. The maximum Gasteiger partial charge on any atom is 0.397 e. The number of nitrogens with zero attached hydrogens (tertiary/aromatic N) is 6. The van der Waals surface area contributed by atoms with E-state index in [1.807, 2.05) is 4.81 Å². The molecule has 4 rings (SSSR count). The van der Waals surface area contributed by atoms with E-state index in [0.29, 0.717) is 11.9 Å². The normalized spacial score (nSPS) is 14.7. The monoisotopic (exact) mass is 616 g/mol. The van der Waals surface area contributed by atoms with Crippen molar-refractivity contribution in [1.29, 1.82) is 0 Å². The van der Waals surface area contributed by atoms with Crippen molar-refractivity contribution in [1.82, 2.24) is 24.8 Å². The molecule has 42 heavy (non-hydrogen) atoms. The third kappa shape index (κ3) is 7.24. The SMILES string of the molecule is CB(O)N1CCC(n2cc(NC(=O)c3cc(OC(C)c4c(Cl)ccc(F)c4Cl)c(N([B]C=O)B(C)O)nn3)cn2)CC1. The number of amides is 1. The van der Waals surface area contributed by atoms with Gasteiger partial charge in [0.05, 0.1) is 22.9 Å². The van der Waals surface area contributed by atoms with Crippen LogP contribution in [0.4, 0.5) is 15.9 Å². The Kier molecular flexibility index (Phi) is 10.5. The lowest BCUT2D eigenvalue weighted by Crippen LogP contribution is -2.43. The fourth-order valence-electron chi connectivity index (χ4n) is 4.67. The number of halogens is 3. The maximum absolute atomic E-state index is 14.2. The molecule has 1 aliphatic rings. The molecule has 3 aromatic rings. The van der Waals surface area contributed by atoms with Crippen LogP contribution in [-0.2, 0) is 4.79 Å². The largest absolute Gasteiger partial charge is 0.482 e. The zero-order valence-electron chi connectivity index (χ0n) is 23.1. The number of aromatic nitrogens is 4. The minimum Gasteiger partial charge on any atom is -0.482 e. The average molecular weight is 617 g/mol. The standard InChI is InChI=1S/C24H28B3Cl2FN7O5/c1-14(21-17(28)4-5-18(30)22(21)29)42-20-10-19(33-34-23(20)37(25-13-38)27(3)41)24(39)32-15-11-31-36(12-15)16-6-8-35(9-7-16)26(2)40/h4-5,10-14,16,40-41H,6-9H2,1-3H3,(H,32,39). The number of benzene rings is 1. The number of piperidine rings is 1. The second-order valence-electron chi connectivity index (χ2n) is 9.82. The highest BCUT2D eigenvalue weighted by atomic mass is 35.5. The number of rotatable bonds is 11. The molecule has 0 aliphatic carbocycles. The first-order valence-electron chi connectivity index (χ1n) is 13.2. The Labute approximate surface area is 253 Å². The number of carbonyl (C=O) groups excluding carboxylic acids is 2. The van der Waals surface area contributed by atoms with Gasteiger partial charge in [0.1, 0.15) is 18.1 Å². The average Bonchev–Trinajstić information content (AvgIpc) is 3.42. The predicted molar refractivity (Wildman–Crippen MR) is 160 cm³/mol. The van der Waals surface area contributed by atoms with E-state index in [1.54, 1.807) is 24.6 Å². The second kappa shape index (κ2) is 13.9. The summed E-state index contributed by atoms with van der Waals surface area (Å²) in [6.45, 7) is 6.14. The van der Waals surface area contributed by atoms with E-state index in [0.717, 1.165) is 44.1 Å². The van der Waals surface area contributed by atoms with Crippen molar-refractivity contribution in [3.05, 3.63) is 57.7 Å². The lowest BCUT2D eigenvalue weighted by Gasteiger charge is -2.32. The van der Waals surface area contributed by atoms with Crippen molar-refractivity contribution in [2.45, 2.75) is 45.6 Å². The van der Waals surface area contributed by atoms with Crippen molar-refractivity contribution < 1.29 is 28.8 Å². The Morgan fingerprint density at radius 3 is 2.64 bits per heavy atom. The molecule has 1 amide bonds. The number of nitrogens with one attached hydrogen (secondary N) is 1. The van der Waals surface area contributed by atoms with Gasteiger partial charge in [-0.05, 0) is 58.6 Å². The third-order valence-electron chi connectivity index (χ3n) is 6.89. The zero-order chi connectivity index (χ0) is 30.6. The van der Waals surface area contributed by atoms with Gasteiger partial charge in [0, 0.05) is 22.8 Å². The second-order valence-corrected chi connectivity index (χ2v) is 10.6. The lowest BCUT2D eigenvalue weighted by molar-refractivity contribution is 0.102. The molecule has 1 radical (unpaired) electrons. The molecule has 0 spiro atoms. The molecule has 1 aliphatic heterocycles. The Hall–Kier alpha value is -3.17. The van der Waals surface area contributed by atoms with Crippen LogP contribution >= 0.6 is 23.2 Å². The summed E-state index contributed by atoms with van der Waals surface area (Å²) in [6, 6.07) is 3.85. The number of anilines is 2. The van der Waals surface area contributed by atoms with Crippen molar-refractivity contribution in [3.63, 3.8) is 0 Å². The lowest BCUT2D eigenvalue weighted by atomic mass is 9.73. The number of hydrogen-bond acceptors (Lipinski definition) is 10. The van der Waals surface area contributed by atoms with Gasteiger partial charge in [0.15, 0.2) is 17.3 Å². The Balaban J connectivity index is 1.58. The molecule has 2 aromatic heterocycles. The Morgan fingerprint density at radius 2 is 2.00 bits per heavy atom. The molecule has 1 unspecified atom stereocenters. The molecule has 1 aromatic carbocycles. The summed E-state index contributed by atoms with van der Waals surface area (Å²) in [5.74, 6) is -1.47. The fourth-order valence-corrected chi connectivity index (χ4v) is 5.35. The van der Waals surface area contributed by atoms with Crippen LogP contribution < -0.4 is 14.8 Å². The molecule has 3 heterocycles. The predicted octanol–water partition coefficient (Wildman–Crippen LogP) is 2.98. The van der Waals surface area contributed by atoms with Crippen LogP contribution in [0.3, 0.4) is 0 Å². The van der Waals surface area contributed by atoms with E-state index in [2.05, 4.69) is 20.6 Å². The number of hydrogen-bond donors (Lipinski definition) is 3. The van der Waals surface area contributed by atoms with Gasteiger partial charge >= 0.3 is 21.5 Å². The van der Waals surface area contributed by atoms with Gasteiger partial charge in [-0.3, -0.25) is 9.48 Å². The van der Waals surface area contributed by atoms with Crippen LogP contribution in [0.5, 0.6) is 5.75 Å². The van der Waals surface area contributed by atoms with Gasteiger partial charge < -0.3 is 34.4 Å². The molecule has 1 fully saturated rings. The molecule has 0 saturated carbocycles. The van der Waals surface area contributed by atoms with E-state index >= 15 is 0 Å². The van der Waals surface area contributed by atoms with E-state index in [9.17, 15) is 24.0 Å². The summed E-state index contributed by atoms with van der Waals surface area (Å²) in [4.78, 5) is 26.4. The summed E-state index contributed by atoms with van der Waals surface area (Å²) in [7, 11) is -0.704. The van der Waals surface area contributed by atoms with Crippen LogP contribution in [-0.4, -0.2) is 81.5 Å². The maximum atomic E-state index is 14.2. The van der Waals surface area contributed by atoms with Crippen LogP contribution in [0.1, 0.15) is 48.0 Å². The third-order valence-corrected chi connectivity index (χ3v) is 7.61. The first-order valence-corrected chi connectivity index (χ1v) is 14.0. The van der Waals surface area contributed by atoms with Crippen molar-refractivity contribution in [2.24, 2.45) is 0 Å². The molecule has 219 valence electrons. The minimum atomic E-state index is -1.22. The van der Waals surface area contributed by atoms with Crippen molar-refractivity contribution in [2.75, 3.05) is 23.1 Å². The van der Waals surface area contributed by atoms with Gasteiger partial charge in [-0.2, -0.15) is 5.10 Å². The Morgan fingerprint density at radius 1 is 1.29 bits per heavy atom. The molecule has 3 N–H and O–H groups in total. The molecule has 18 heteroatoms. The molecule has 1 atom stereocenters. The van der Waals surface area contributed by atoms with Gasteiger partial charge in [0.25, 0.3) is 5.91 Å². The van der Waals surface area contributed by atoms with Crippen LogP contribution in [0.25, 0.3) is 0 Å². The highest BCUT2D eigenvalue weighted by molar-refractivity contribution is 6.82. The van der Waals surface area contributed by atoms with Crippen LogP contribution in [0.15, 0.2) is 30.6 Å². The first kappa shape index (κ1) is 31.8. The van der Waals surface area contributed by atoms with Crippen LogP contribution in [0.2, 0.25) is 23.7 Å². The summed E-state index contributed by atoms with van der Waals surface area (Å²) in [6.07, 6.45) is 4.32. The molecule has 12 nitrogen and oxygen atoms in total. The fraction of sp³-hybridized carbons (Fsp3) is 0.375. The van der Waals surface area contributed by atoms with E-state index in [-0.39, 0.29) is 38.9 Å². The highest BCUT2D eigenvalue weighted by Gasteiger charge is 2.28. The molecular formula is C24H28B3Cl2FN7O5. The van der Waals surface area contributed by atoms with Crippen molar-refractivity contribution >= 4 is 68.3 Å². The molecule has 1 saturated heterocycles. The van der Waals surface area contributed by atoms with Crippen molar-refractivity contribution in [3.8, 4) is 5.75 Å². The zero-order valence-corrected chi connectivity index (χ0v) is 24.6. The molecular weight excluding hydrogens is 589 g/mol. The quantitative estimate of drug-likeness (QED) is 0.167. The smallest absolute Gasteiger partial charge is 0.397 e. The topological polar surface area (TPSA) is 146 Å². The minimum absolute atomic E-state index is 0.0568. The van der Waals surface area contributed by atoms with Gasteiger partial charge in [-0.15, -0.1) is 10.2 Å². The van der Waals surface area contributed by atoms with Gasteiger partial charge in [-0.1, -0.05) is 23.2 Å². The van der Waals surface area contributed by atoms with Gasteiger partial charge in [-0.25, -0.2) is 4.39 Å². The van der Waals surface area contributed by atoms with E-state index in [1.165, 1.54) is 25.2 Å². The van der Waals surface area contributed by atoms with Gasteiger partial charge in [0.2, 0.25) is 0 Å². The summed E-state index contributed by atoms with van der Waals surface area (Å²) in [5, 5.41) is 35.1. The summed E-state index contributed by atoms with van der Waals surface area (Å²) in [5.41, 5.74) is 0.437. The van der Waals surface area contributed by atoms with E-state index in [4.69, 9.17) is 27.9 Å². The number of carbonyl (C=O) groups is 2. The highest BCUT2D eigenvalue weighted by Crippen LogP contribution is 2.37. The van der Waals surface area contributed by atoms with E-state index < -0.39 is 31.9 Å². The summed E-state index contributed by atoms with van der Waals surface area (Å²) >= 11 is 12.4.